The summed E-state index contributed by atoms with van der Waals surface area (Å²) in [6.45, 7) is 1.86. The van der Waals surface area contributed by atoms with E-state index in [9.17, 15) is 36.3 Å². The number of benzene rings is 2. The molecule has 1 atom stereocenters. The van der Waals surface area contributed by atoms with Crippen molar-refractivity contribution in [3.05, 3.63) is 59.8 Å². The Kier molecular flexibility index (Phi) is 10.1. The molecule has 216 valence electrons. The molecule has 2 amide bonds. The number of carbonyl (C=O) groups excluding carboxylic acids is 3. The van der Waals surface area contributed by atoms with Crippen LogP contribution in [0.4, 0.5) is 38.1 Å². The van der Waals surface area contributed by atoms with Crippen molar-refractivity contribution in [3.8, 4) is 0 Å². The lowest BCUT2D eigenvalue weighted by atomic mass is 10.1. The second kappa shape index (κ2) is 13.1. The number of aromatic nitrogens is 1. The molecular formula is C26H27F5N4O4S. The van der Waals surface area contributed by atoms with Gasteiger partial charge in [0.2, 0.25) is 5.91 Å². The number of carbonyl (C=O) groups is 3. The molecule has 0 fully saturated rings. The number of esters is 1. The molecule has 8 nitrogen and oxygen atoms in total. The van der Waals surface area contributed by atoms with Crippen molar-refractivity contribution in [2.75, 3.05) is 31.3 Å². The van der Waals surface area contributed by atoms with Crippen LogP contribution in [0.25, 0.3) is 10.9 Å². The highest BCUT2D eigenvalue weighted by Gasteiger charge is 2.28. The number of anilines is 2. The zero-order valence-corrected chi connectivity index (χ0v) is 22.6. The maximum Gasteiger partial charge on any atom is 0.442 e. The summed E-state index contributed by atoms with van der Waals surface area (Å²) in [6, 6.07) is 5.30. The van der Waals surface area contributed by atoms with Crippen LogP contribution in [-0.4, -0.2) is 59.6 Å². The summed E-state index contributed by atoms with van der Waals surface area (Å²) in [4.78, 5) is 39.6. The molecule has 2 N–H and O–H groups in total. The predicted octanol–water partition coefficient (Wildman–Crippen LogP) is 6.23. The second-order valence-corrected chi connectivity index (χ2v) is 9.90. The summed E-state index contributed by atoms with van der Waals surface area (Å²) in [5, 5.41) is 5.10. The van der Waals surface area contributed by atoms with E-state index in [1.165, 1.54) is 22.9 Å². The fourth-order valence-corrected chi connectivity index (χ4v) is 4.46. The summed E-state index contributed by atoms with van der Waals surface area (Å²) in [7, 11) is 3.36. The highest BCUT2D eigenvalue weighted by molar-refractivity contribution is 7.99. The molecule has 1 heterocycles. The number of hydrogen-bond donors (Lipinski definition) is 2. The molecular weight excluding hydrogens is 559 g/mol. The van der Waals surface area contributed by atoms with Gasteiger partial charge in [0.15, 0.2) is 0 Å². The van der Waals surface area contributed by atoms with Gasteiger partial charge in [-0.25, -0.2) is 13.6 Å². The van der Waals surface area contributed by atoms with Gasteiger partial charge in [0.1, 0.15) is 17.7 Å². The molecule has 0 saturated carbocycles. The Morgan fingerprint density at radius 3 is 2.45 bits per heavy atom. The lowest BCUT2D eigenvalue weighted by Crippen LogP contribution is -2.37. The predicted molar refractivity (Wildman–Crippen MR) is 142 cm³/mol. The van der Waals surface area contributed by atoms with Crippen molar-refractivity contribution in [3.63, 3.8) is 0 Å². The first-order valence-corrected chi connectivity index (χ1v) is 13.0. The van der Waals surface area contributed by atoms with Crippen LogP contribution >= 0.6 is 11.8 Å². The van der Waals surface area contributed by atoms with Gasteiger partial charge in [-0.2, -0.15) is 13.2 Å². The van der Waals surface area contributed by atoms with Crippen molar-refractivity contribution in [2.45, 2.75) is 37.1 Å². The van der Waals surface area contributed by atoms with Crippen molar-refractivity contribution in [1.29, 1.82) is 0 Å². The van der Waals surface area contributed by atoms with E-state index >= 15 is 0 Å². The molecule has 3 aromatic rings. The number of nitrogens with zero attached hydrogens (tertiary/aromatic N) is 2. The molecule has 0 bridgehead atoms. The van der Waals surface area contributed by atoms with E-state index in [4.69, 9.17) is 4.74 Å². The normalized spacial score (nSPS) is 12.4. The number of ether oxygens (including phenoxy) is 1. The van der Waals surface area contributed by atoms with Crippen LogP contribution in [0.5, 0.6) is 0 Å². The van der Waals surface area contributed by atoms with Crippen LogP contribution in [0.2, 0.25) is 0 Å². The number of amides is 2. The molecule has 1 unspecified atom stereocenters. The van der Waals surface area contributed by atoms with Gasteiger partial charge in [0, 0.05) is 35.0 Å². The van der Waals surface area contributed by atoms with Gasteiger partial charge in [0.25, 0.3) is 0 Å². The van der Waals surface area contributed by atoms with Crippen LogP contribution in [-0.2, 0) is 15.3 Å². The van der Waals surface area contributed by atoms with Gasteiger partial charge in [-0.3, -0.25) is 19.1 Å². The summed E-state index contributed by atoms with van der Waals surface area (Å²) in [6.07, 6.45) is 1.38. The minimum Gasteiger partial charge on any atom is -0.465 e. The molecule has 40 heavy (non-hydrogen) atoms. The van der Waals surface area contributed by atoms with Gasteiger partial charge in [-0.05, 0) is 75.6 Å². The van der Waals surface area contributed by atoms with Crippen LogP contribution in [0.15, 0.2) is 42.6 Å². The topological polar surface area (TPSA) is 92.7 Å². The average molecular weight is 587 g/mol. The Morgan fingerprint density at radius 2 is 1.80 bits per heavy atom. The molecule has 0 aliphatic rings. The lowest BCUT2D eigenvalue weighted by Gasteiger charge is -2.22. The largest absolute Gasteiger partial charge is 0.465 e. The number of fused-ring (bicyclic) bond motifs is 1. The third-order valence-corrected chi connectivity index (χ3v) is 6.57. The summed E-state index contributed by atoms with van der Waals surface area (Å²) in [5.74, 6) is -3.07. The quantitative estimate of drug-likeness (QED) is 0.216. The molecule has 0 saturated heterocycles. The maximum atomic E-state index is 14.1. The standard InChI is InChI=1S/C26H27F5N4O4S/c1-4-39-24(37)22(34(2)3)9-10-23(36)35-13-20(18-12-16(27)5-8-21(18)35)33-25(38)32-17-6-7-19(28)15(11-17)14-40-26(29,30)31/h5-8,11-13,22H,4,9-10,14H2,1-3H3,(H2,32,33,38). The Balaban J connectivity index is 1.78. The van der Waals surface area contributed by atoms with E-state index in [2.05, 4.69) is 10.6 Å². The Labute approximate surface area is 230 Å². The van der Waals surface area contributed by atoms with E-state index in [-0.39, 0.29) is 41.8 Å². The first-order chi connectivity index (χ1) is 18.8. The minimum atomic E-state index is -4.56. The molecule has 0 radical (unpaired) electrons. The number of hydrogen-bond acceptors (Lipinski definition) is 6. The van der Waals surface area contributed by atoms with E-state index in [1.807, 2.05) is 0 Å². The summed E-state index contributed by atoms with van der Waals surface area (Å²) < 4.78 is 71.8. The molecule has 3 rings (SSSR count). The zero-order valence-electron chi connectivity index (χ0n) is 21.8. The fourth-order valence-electron chi connectivity index (χ4n) is 3.92. The van der Waals surface area contributed by atoms with Crippen LogP contribution in [0, 0.1) is 11.6 Å². The number of likely N-dealkylation sites (N-methyl/N-ethyl adjacent to an activating group) is 1. The Bertz CT molecular complexity index is 1390. The second-order valence-electron chi connectivity index (χ2n) is 8.86. The van der Waals surface area contributed by atoms with E-state index in [0.717, 1.165) is 24.3 Å². The molecule has 14 heteroatoms. The van der Waals surface area contributed by atoms with Gasteiger partial charge in [-0.15, -0.1) is 0 Å². The van der Waals surface area contributed by atoms with Crippen molar-refractivity contribution in [2.24, 2.45) is 0 Å². The number of nitrogens with one attached hydrogen (secondary N) is 2. The fraction of sp³-hybridized carbons (Fsp3) is 0.346. The summed E-state index contributed by atoms with van der Waals surface area (Å²) in [5.41, 5.74) is -4.42. The van der Waals surface area contributed by atoms with E-state index in [1.54, 1.807) is 25.9 Å². The minimum absolute atomic E-state index is 0.0244. The van der Waals surface area contributed by atoms with Gasteiger partial charge >= 0.3 is 17.5 Å². The maximum absolute atomic E-state index is 14.1. The number of rotatable bonds is 10. The monoisotopic (exact) mass is 586 g/mol. The lowest BCUT2D eigenvalue weighted by molar-refractivity contribution is -0.148. The van der Waals surface area contributed by atoms with Gasteiger partial charge < -0.3 is 15.4 Å². The number of urea groups is 1. The first-order valence-electron chi connectivity index (χ1n) is 12.0. The molecule has 0 aliphatic carbocycles. The number of halogens is 5. The van der Waals surface area contributed by atoms with Crippen LogP contribution in [0.3, 0.4) is 0 Å². The Hall–Kier alpha value is -3.65. The van der Waals surface area contributed by atoms with Crippen LogP contribution < -0.4 is 10.6 Å². The third kappa shape index (κ3) is 8.18. The highest BCUT2D eigenvalue weighted by atomic mass is 32.2. The molecule has 1 aromatic heterocycles. The smallest absolute Gasteiger partial charge is 0.442 e. The Morgan fingerprint density at radius 1 is 1.07 bits per heavy atom. The molecule has 0 aliphatic heterocycles. The van der Waals surface area contributed by atoms with Crippen molar-refractivity contribution in [1.82, 2.24) is 9.47 Å². The SMILES string of the molecule is CCOC(=O)C(CCC(=O)n1cc(NC(=O)Nc2ccc(F)c(CSC(F)(F)F)c2)c2cc(F)ccc21)N(C)C. The van der Waals surface area contributed by atoms with Gasteiger partial charge in [0.05, 0.1) is 17.8 Å². The summed E-state index contributed by atoms with van der Waals surface area (Å²) >= 11 is -0.417. The van der Waals surface area contributed by atoms with Crippen molar-refractivity contribution >= 4 is 51.9 Å². The highest BCUT2D eigenvalue weighted by Crippen LogP contribution is 2.34. The van der Waals surface area contributed by atoms with Crippen LogP contribution in [0.1, 0.15) is 30.1 Å². The van der Waals surface area contributed by atoms with Gasteiger partial charge in [-0.1, -0.05) is 0 Å². The van der Waals surface area contributed by atoms with E-state index < -0.39 is 58.6 Å². The number of thioether (sulfide) groups is 1. The first kappa shape index (κ1) is 30.9. The zero-order chi connectivity index (χ0) is 29.6. The van der Waals surface area contributed by atoms with E-state index in [0.29, 0.717) is 5.52 Å². The average Bonchev–Trinajstić information content (AvgIpc) is 3.21. The third-order valence-electron chi connectivity index (χ3n) is 5.79. The molecule has 2 aromatic carbocycles. The molecule has 0 spiro atoms. The number of alkyl halides is 3. The van der Waals surface area contributed by atoms with Crippen molar-refractivity contribution < 1.29 is 41.1 Å².